The van der Waals surface area contributed by atoms with Crippen molar-refractivity contribution in [3.8, 4) is 11.1 Å². The molecule has 0 saturated heterocycles. The molecule has 6 heteroatoms. The number of hydrogen-bond donors (Lipinski definition) is 1. The van der Waals surface area contributed by atoms with Crippen molar-refractivity contribution in [2.24, 2.45) is 0 Å². The highest BCUT2D eigenvalue weighted by atomic mass is 19.2. The standard InChI is InChI=1S/C30H25BF2N3/c1-21-20-26(18-15-23-10-5-6-11-27(23)22-8-3-2-4-9-22)36-30(21)29(24-13-16-25(34)17-14-24)28-12-7-19-35(28)31(36,32)33/h2-18,20H,19,34H2,1H3/q-1/b18-15+. The van der Waals surface area contributed by atoms with E-state index in [1.54, 1.807) is 6.08 Å². The molecule has 178 valence electrons. The van der Waals surface area contributed by atoms with Crippen LogP contribution in [0.3, 0.4) is 0 Å². The summed E-state index contributed by atoms with van der Waals surface area (Å²) in [6.45, 7) is -1.94. The molecule has 3 heterocycles. The number of rotatable bonds is 4. The molecule has 2 N–H and O–H groups in total. The molecular weight excluding hydrogens is 451 g/mol. The smallest absolute Gasteiger partial charge is 0.466 e. The maximum atomic E-state index is 16.1. The van der Waals surface area contributed by atoms with Crippen LogP contribution in [0.2, 0.25) is 0 Å². The van der Waals surface area contributed by atoms with Gasteiger partial charge in [0.15, 0.2) is 0 Å². The lowest BCUT2D eigenvalue weighted by Gasteiger charge is -2.46. The summed E-state index contributed by atoms with van der Waals surface area (Å²) in [5, 5.41) is 0. The number of aromatic nitrogens is 1. The first-order valence-corrected chi connectivity index (χ1v) is 12.1. The molecule has 0 spiro atoms. The van der Waals surface area contributed by atoms with Gasteiger partial charge in [-0.05, 0) is 65.1 Å². The van der Waals surface area contributed by atoms with E-state index in [1.165, 1.54) is 9.29 Å². The minimum atomic E-state index is -4.02. The molecule has 3 nitrogen and oxygen atoms in total. The van der Waals surface area contributed by atoms with Gasteiger partial charge in [0, 0.05) is 34.9 Å². The number of benzene rings is 3. The van der Waals surface area contributed by atoms with Gasteiger partial charge in [-0.2, -0.15) is 0 Å². The molecule has 36 heavy (non-hydrogen) atoms. The minimum Gasteiger partial charge on any atom is -0.466 e. The molecule has 0 unspecified atom stereocenters. The van der Waals surface area contributed by atoms with Gasteiger partial charge >= 0.3 is 6.97 Å². The van der Waals surface area contributed by atoms with Crippen LogP contribution in [0.5, 0.6) is 0 Å². The molecule has 4 aromatic rings. The van der Waals surface area contributed by atoms with Crippen molar-refractivity contribution in [3.05, 3.63) is 131 Å². The van der Waals surface area contributed by atoms with Crippen molar-refractivity contribution in [2.45, 2.75) is 6.92 Å². The molecule has 0 amide bonds. The first-order valence-electron chi connectivity index (χ1n) is 12.1. The molecule has 0 bridgehead atoms. The maximum absolute atomic E-state index is 16.1. The predicted octanol–water partition coefficient (Wildman–Crippen LogP) is 7.08. The van der Waals surface area contributed by atoms with Crippen LogP contribution in [0.25, 0.3) is 28.9 Å². The molecule has 2 aliphatic heterocycles. The Hall–Kier alpha value is -4.32. The average molecular weight is 476 g/mol. The molecule has 3 aromatic carbocycles. The van der Waals surface area contributed by atoms with Gasteiger partial charge in [-0.1, -0.05) is 78.9 Å². The Balaban J connectivity index is 1.51. The van der Waals surface area contributed by atoms with Crippen molar-refractivity contribution >= 4 is 30.4 Å². The number of hydrogen-bond acceptors (Lipinski definition) is 2. The second kappa shape index (κ2) is 8.42. The second-order valence-corrected chi connectivity index (χ2v) is 9.28. The number of halogens is 2. The summed E-state index contributed by atoms with van der Waals surface area (Å²) in [5.41, 5.74) is 13.7. The third kappa shape index (κ3) is 3.49. The third-order valence-corrected chi connectivity index (χ3v) is 7.00. The lowest BCUT2D eigenvalue weighted by molar-refractivity contribution is 0.401. The van der Waals surface area contributed by atoms with E-state index in [-0.39, 0.29) is 6.54 Å². The fraction of sp³-hybridized carbons (Fsp3) is 0.0667. The summed E-state index contributed by atoms with van der Waals surface area (Å²) < 4.78 is 33.4. The SMILES string of the molecule is Cc1cc(/C=C/c2ccccc2-c2ccccc2)n2c1C(c1ccc(N)cc1)=C1C=CCN1[B-]2(F)F. The maximum Gasteiger partial charge on any atom is 0.529 e. The highest BCUT2D eigenvalue weighted by Crippen LogP contribution is 2.44. The van der Waals surface area contributed by atoms with Crippen LogP contribution < -0.4 is 5.73 Å². The summed E-state index contributed by atoms with van der Waals surface area (Å²) in [7, 11) is 0. The molecule has 0 fully saturated rings. The molecule has 0 saturated carbocycles. The Morgan fingerprint density at radius 1 is 0.861 bits per heavy atom. The molecule has 0 atom stereocenters. The lowest BCUT2D eigenvalue weighted by atomic mass is 9.84. The van der Waals surface area contributed by atoms with E-state index in [0.29, 0.717) is 22.8 Å². The van der Waals surface area contributed by atoms with E-state index >= 15 is 8.63 Å². The van der Waals surface area contributed by atoms with Crippen molar-refractivity contribution in [3.63, 3.8) is 0 Å². The van der Waals surface area contributed by atoms with Crippen LogP contribution in [-0.2, 0) is 0 Å². The van der Waals surface area contributed by atoms with Gasteiger partial charge in [0.05, 0.1) is 0 Å². The number of fused-ring (bicyclic) bond motifs is 2. The first-order chi connectivity index (χ1) is 17.4. The summed E-state index contributed by atoms with van der Waals surface area (Å²) >= 11 is 0. The van der Waals surface area contributed by atoms with Gasteiger partial charge in [-0.15, -0.1) is 0 Å². The molecular formula is C30H25BF2N3-. The number of nitrogen functional groups attached to an aromatic ring is 1. The highest BCUT2D eigenvalue weighted by molar-refractivity contribution is 6.63. The van der Waals surface area contributed by atoms with E-state index < -0.39 is 6.97 Å². The van der Waals surface area contributed by atoms with Crippen molar-refractivity contribution < 1.29 is 8.63 Å². The van der Waals surface area contributed by atoms with Gasteiger partial charge in [-0.3, -0.25) is 0 Å². The topological polar surface area (TPSA) is 34.2 Å². The zero-order valence-corrected chi connectivity index (χ0v) is 19.9. The number of nitrogens with two attached hydrogens (primary N) is 1. The quantitative estimate of drug-likeness (QED) is 0.252. The largest absolute Gasteiger partial charge is 0.529 e. The van der Waals surface area contributed by atoms with Crippen LogP contribution in [0.15, 0.2) is 103 Å². The Morgan fingerprint density at radius 2 is 1.58 bits per heavy atom. The van der Waals surface area contributed by atoms with Gasteiger partial charge in [0.25, 0.3) is 0 Å². The van der Waals surface area contributed by atoms with Gasteiger partial charge in [-0.25, -0.2) is 0 Å². The molecule has 0 radical (unpaired) electrons. The highest BCUT2D eigenvalue weighted by Gasteiger charge is 2.44. The Morgan fingerprint density at radius 3 is 2.36 bits per heavy atom. The number of nitrogens with zero attached hydrogens (tertiary/aromatic N) is 2. The van der Waals surface area contributed by atoms with E-state index in [9.17, 15) is 0 Å². The zero-order valence-electron chi connectivity index (χ0n) is 19.9. The minimum absolute atomic E-state index is 0.178. The van der Waals surface area contributed by atoms with E-state index in [0.717, 1.165) is 33.4 Å². The fourth-order valence-electron chi connectivity index (χ4n) is 5.35. The summed E-state index contributed by atoms with van der Waals surface area (Å²) in [5.74, 6) is 0. The van der Waals surface area contributed by atoms with Crippen LogP contribution >= 0.6 is 0 Å². The lowest BCUT2D eigenvalue weighted by Crippen LogP contribution is -2.54. The van der Waals surface area contributed by atoms with E-state index in [1.807, 2.05) is 91.9 Å². The van der Waals surface area contributed by atoms with Crippen LogP contribution in [0.1, 0.15) is 28.1 Å². The monoisotopic (exact) mass is 476 g/mol. The van der Waals surface area contributed by atoms with Crippen molar-refractivity contribution in [2.75, 3.05) is 12.3 Å². The summed E-state index contributed by atoms with van der Waals surface area (Å²) in [6.07, 6.45) is 7.35. The molecule has 0 aliphatic carbocycles. The Labute approximate surface area is 209 Å². The van der Waals surface area contributed by atoms with Crippen LogP contribution in [-0.4, -0.2) is 22.8 Å². The summed E-state index contributed by atoms with van der Waals surface area (Å²) in [4.78, 5) is 1.23. The van der Waals surface area contributed by atoms with Crippen LogP contribution in [0, 0.1) is 6.92 Å². The molecule has 2 aliphatic rings. The number of aryl methyl sites for hydroxylation is 1. The normalized spacial score (nSPS) is 16.0. The zero-order chi connectivity index (χ0) is 24.9. The first kappa shape index (κ1) is 22.2. The molecule has 6 rings (SSSR count). The Kier molecular flexibility index (Phi) is 5.18. The van der Waals surface area contributed by atoms with Gasteiger partial charge in [0.2, 0.25) is 0 Å². The fourth-order valence-corrected chi connectivity index (χ4v) is 5.35. The van der Waals surface area contributed by atoms with Gasteiger partial charge in [0.1, 0.15) is 0 Å². The van der Waals surface area contributed by atoms with Crippen molar-refractivity contribution in [1.82, 2.24) is 9.29 Å². The van der Waals surface area contributed by atoms with Crippen LogP contribution in [0.4, 0.5) is 14.3 Å². The number of allylic oxidation sites excluding steroid dienone is 1. The predicted molar refractivity (Wildman–Crippen MR) is 146 cm³/mol. The Bertz CT molecular complexity index is 1550. The average Bonchev–Trinajstić information content (AvgIpc) is 3.51. The second-order valence-electron chi connectivity index (χ2n) is 9.28. The van der Waals surface area contributed by atoms with E-state index in [2.05, 4.69) is 18.2 Å². The number of anilines is 1. The third-order valence-electron chi connectivity index (χ3n) is 7.00. The van der Waals surface area contributed by atoms with Gasteiger partial charge < -0.3 is 23.7 Å². The molecule has 1 aromatic heterocycles. The van der Waals surface area contributed by atoms with Crippen molar-refractivity contribution in [1.29, 1.82) is 0 Å². The van der Waals surface area contributed by atoms with E-state index in [4.69, 9.17) is 5.73 Å². The summed E-state index contributed by atoms with van der Waals surface area (Å²) in [6, 6.07) is 27.4.